The lowest BCUT2D eigenvalue weighted by molar-refractivity contribution is -0.133. The van der Waals surface area contributed by atoms with Crippen molar-refractivity contribution < 1.29 is 14.0 Å². The molecule has 0 atom stereocenters. The minimum atomic E-state index is -0.555. The van der Waals surface area contributed by atoms with Crippen LogP contribution in [0.4, 0.5) is 5.69 Å². The fraction of sp³-hybridized carbons (Fsp3) is 0.318. The second-order valence-electron chi connectivity index (χ2n) is 7.74. The Labute approximate surface area is 166 Å². The molecule has 1 saturated carbocycles. The summed E-state index contributed by atoms with van der Waals surface area (Å²) in [5, 5.41) is 2.86. The molecule has 0 radical (unpaired) electrons. The van der Waals surface area contributed by atoms with Crippen LogP contribution in [-0.4, -0.2) is 27.8 Å². The van der Waals surface area contributed by atoms with Gasteiger partial charge in [0, 0.05) is 24.7 Å². The van der Waals surface area contributed by atoms with Crippen molar-refractivity contribution in [2.45, 2.75) is 32.4 Å². The highest BCUT2D eigenvalue weighted by molar-refractivity contribution is 5.91. The molecule has 1 aliphatic carbocycles. The normalized spacial score (nSPS) is 15.9. The second kappa shape index (κ2) is 6.92. The number of nitrogens with zero attached hydrogens (tertiary/aromatic N) is 2. The molecule has 7 heteroatoms. The first-order chi connectivity index (χ1) is 14.1. The number of aromatic nitrogens is 1. The Hall–Kier alpha value is -3.35. The average Bonchev–Trinajstić information content (AvgIpc) is 3.52. The number of carbonyl (C=O) groups excluding carboxylic acids is 2. The topological polar surface area (TPSA) is 84.5 Å². The van der Waals surface area contributed by atoms with Gasteiger partial charge in [0.25, 0.3) is 0 Å². The summed E-state index contributed by atoms with van der Waals surface area (Å²) in [6, 6.07) is 12.8. The van der Waals surface area contributed by atoms with Gasteiger partial charge in [-0.2, -0.15) is 0 Å². The van der Waals surface area contributed by atoms with Crippen molar-refractivity contribution in [2.75, 3.05) is 11.9 Å². The summed E-state index contributed by atoms with van der Waals surface area (Å²) in [6.45, 7) is 1.21. The minimum Gasteiger partial charge on any atom is -0.408 e. The van der Waals surface area contributed by atoms with Gasteiger partial charge in [0.15, 0.2) is 5.58 Å². The summed E-state index contributed by atoms with van der Waals surface area (Å²) < 4.78 is 6.49. The van der Waals surface area contributed by atoms with Crippen LogP contribution in [0.3, 0.4) is 0 Å². The first kappa shape index (κ1) is 17.7. The van der Waals surface area contributed by atoms with Crippen molar-refractivity contribution in [1.82, 2.24) is 9.47 Å². The third-order valence-electron chi connectivity index (χ3n) is 5.62. The molecule has 3 aromatic rings. The van der Waals surface area contributed by atoms with Gasteiger partial charge >= 0.3 is 5.76 Å². The number of oxazole rings is 1. The SMILES string of the molecule is O=C(Cn1c(=O)oc2ccccc21)Nc1ccc2c(c1)CN(C(=O)C1CC1)CC2. The predicted molar refractivity (Wildman–Crippen MR) is 107 cm³/mol. The number of benzene rings is 2. The Morgan fingerprint density at radius 1 is 1.10 bits per heavy atom. The molecule has 0 bridgehead atoms. The predicted octanol–water partition coefficient (Wildman–Crippen LogP) is 2.53. The van der Waals surface area contributed by atoms with Crippen molar-refractivity contribution in [3.05, 3.63) is 64.1 Å². The van der Waals surface area contributed by atoms with Crippen LogP contribution < -0.4 is 11.1 Å². The van der Waals surface area contributed by atoms with Crippen molar-refractivity contribution in [3.8, 4) is 0 Å². The fourth-order valence-electron chi connectivity index (χ4n) is 3.92. The number of fused-ring (bicyclic) bond motifs is 2. The highest BCUT2D eigenvalue weighted by Gasteiger charge is 2.34. The van der Waals surface area contributed by atoms with E-state index in [1.807, 2.05) is 23.1 Å². The first-order valence-electron chi connectivity index (χ1n) is 9.87. The standard InChI is InChI=1S/C22H21N3O4/c26-20(13-25-18-3-1-2-4-19(18)29-22(25)28)23-17-8-7-14-9-10-24(12-16(14)11-17)21(27)15-5-6-15/h1-4,7-8,11,15H,5-6,9-10,12-13H2,(H,23,26). The summed E-state index contributed by atoms with van der Waals surface area (Å²) in [5.74, 6) is -0.403. The van der Waals surface area contributed by atoms with E-state index in [2.05, 4.69) is 5.32 Å². The van der Waals surface area contributed by atoms with E-state index in [4.69, 9.17) is 4.42 Å². The number of carbonyl (C=O) groups is 2. The van der Waals surface area contributed by atoms with Crippen molar-refractivity contribution in [3.63, 3.8) is 0 Å². The monoisotopic (exact) mass is 391 g/mol. The van der Waals surface area contributed by atoms with Crippen LogP contribution in [0.25, 0.3) is 11.1 Å². The van der Waals surface area contributed by atoms with Gasteiger partial charge < -0.3 is 14.6 Å². The van der Waals surface area contributed by atoms with Gasteiger partial charge in [0.1, 0.15) is 6.54 Å². The number of rotatable bonds is 4. The lowest BCUT2D eigenvalue weighted by Crippen LogP contribution is -2.36. The van der Waals surface area contributed by atoms with E-state index in [1.54, 1.807) is 24.3 Å². The zero-order chi connectivity index (χ0) is 20.0. The Kier molecular flexibility index (Phi) is 4.23. The number of anilines is 1. The van der Waals surface area contributed by atoms with Gasteiger partial charge in [-0.3, -0.25) is 14.2 Å². The van der Waals surface area contributed by atoms with E-state index >= 15 is 0 Å². The fourth-order valence-corrected chi connectivity index (χ4v) is 3.92. The van der Waals surface area contributed by atoms with E-state index in [0.717, 1.165) is 31.4 Å². The molecule has 2 heterocycles. The molecule has 29 heavy (non-hydrogen) atoms. The van der Waals surface area contributed by atoms with E-state index in [1.165, 1.54) is 10.1 Å². The molecular formula is C22H21N3O4. The summed E-state index contributed by atoms with van der Waals surface area (Å²) in [7, 11) is 0. The molecular weight excluding hydrogens is 370 g/mol. The molecule has 1 aliphatic heterocycles. The molecule has 1 fully saturated rings. The summed E-state index contributed by atoms with van der Waals surface area (Å²) in [5.41, 5.74) is 3.98. The molecule has 148 valence electrons. The van der Waals surface area contributed by atoms with Gasteiger partial charge in [-0.15, -0.1) is 0 Å². The average molecular weight is 391 g/mol. The first-order valence-corrected chi connectivity index (χ1v) is 9.87. The molecule has 0 saturated heterocycles. The van der Waals surface area contributed by atoms with Gasteiger partial charge in [-0.05, 0) is 54.7 Å². The maximum atomic E-state index is 12.5. The Morgan fingerprint density at radius 3 is 2.76 bits per heavy atom. The summed E-state index contributed by atoms with van der Waals surface area (Å²) >= 11 is 0. The number of hydrogen-bond acceptors (Lipinski definition) is 4. The van der Waals surface area contributed by atoms with Crippen LogP contribution in [0, 0.1) is 5.92 Å². The zero-order valence-electron chi connectivity index (χ0n) is 15.9. The Balaban J connectivity index is 1.31. The molecule has 2 amide bonds. The Bertz CT molecular complexity index is 1170. The molecule has 7 nitrogen and oxygen atoms in total. The van der Waals surface area contributed by atoms with Crippen LogP contribution in [0.15, 0.2) is 51.7 Å². The van der Waals surface area contributed by atoms with Crippen molar-refractivity contribution >= 4 is 28.6 Å². The van der Waals surface area contributed by atoms with Gasteiger partial charge in [-0.25, -0.2) is 4.79 Å². The molecule has 1 N–H and O–H groups in total. The van der Waals surface area contributed by atoms with E-state index in [9.17, 15) is 14.4 Å². The quantitative estimate of drug-likeness (QED) is 0.741. The highest BCUT2D eigenvalue weighted by Crippen LogP contribution is 2.33. The van der Waals surface area contributed by atoms with Gasteiger partial charge in [0.05, 0.1) is 5.52 Å². The number of nitrogens with one attached hydrogen (secondary N) is 1. The summed E-state index contributed by atoms with van der Waals surface area (Å²) in [4.78, 5) is 38.9. The molecule has 0 spiro atoms. The Morgan fingerprint density at radius 2 is 1.93 bits per heavy atom. The summed E-state index contributed by atoms with van der Waals surface area (Å²) in [6.07, 6.45) is 2.83. The molecule has 1 aromatic heterocycles. The third-order valence-corrected chi connectivity index (χ3v) is 5.62. The number of amides is 2. The zero-order valence-corrected chi connectivity index (χ0v) is 15.9. The maximum absolute atomic E-state index is 12.5. The molecule has 5 rings (SSSR count). The van der Waals surface area contributed by atoms with Crippen LogP contribution >= 0.6 is 0 Å². The van der Waals surface area contributed by atoms with Crippen molar-refractivity contribution in [2.24, 2.45) is 5.92 Å². The van der Waals surface area contributed by atoms with E-state index in [0.29, 0.717) is 23.3 Å². The lowest BCUT2D eigenvalue weighted by Gasteiger charge is -2.29. The second-order valence-corrected chi connectivity index (χ2v) is 7.74. The van der Waals surface area contributed by atoms with Gasteiger partial charge in [-0.1, -0.05) is 18.2 Å². The van der Waals surface area contributed by atoms with Crippen LogP contribution in [0.5, 0.6) is 0 Å². The van der Waals surface area contributed by atoms with Crippen LogP contribution in [0.1, 0.15) is 24.0 Å². The van der Waals surface area contributed by atoms with Crippen LogP contribution in [0.2, 0.25) is 0 Å². The van der Waals surface area contributed by atoms with E-state index < -0.39 is 5.76 Å². The minimum absolute atomic E-state index is 0.126. The molecule has 2 aromatic carbocycles. The van der Waals surface area contributed by atoms with Gasteiger partial charge in [0.2, 0.25) is 11.8 Å². The smallest absolute Gasteiger partial charge is 0.408 e. The highest BCUT2D eigenvalue weighted by atomic mass is 16.4. The van der Waals surface area contributed by atoms with Crippen molar-refractivity contribution in [1.29, 1.82) is 0 Å². The molecule has 0 unspecified atom stereocenters. The van der Waals surface area contributed by atoms with Crippen LogP contribution in [-0.2, 0) is 29.1 Å². The number of hydrogen-bond donors (Lipinski definition) is 1. The van der Waals surface area contributed by atoms with E-state index in [-0.39, 0.29) is 24.3 Å². The maximum Gasteiger partial charge on any atom is 0.420 e. The third kappa shape index (κ3) is 3.44. The number of para-hydroxylation sites is 2. The largest absolute Gasteiger partial charge is 0.420 e. The molecule has 2 aliphatic rings. The lowest BCUT2D eigenvalue weighted by atomic mass is 9.98.